The molecular weight excluding hydrogens is 703 g/mol. The van der Waals surface area contributed by atoms with Gasteiger partial charge in [0.1, 0.15) is 11.1 Å². The van der Waals surface area contributed by atoms with E-state index in [1.165, 1.54) is 22.3 Å². The summed E-state index contributed by atoms with van der Waals surface area (Å²) >= 11 is 0. The SMILES string of the molecule is c1ccc(C2(c3ccccc3)N(c3ccco3)C(c3ccccc3)(c3ccccc3)C(c3ccccc3)(c3ccccc3)C2(c2ccccc2)c2ccccc2)cc1. The smallest absolute Gasteiger partial charge is 0.197 e. The van der Waals surface area contributed by atoms with Crippen LogP contribution in [0.25, 0.3) is 0 Å². The van der Waals surface area contributed by atoms with Gasteiger partial charge in [-0.3, -0.25) is 0 Å². The van der Waals surface area contributed by atoms with E-state index in [-0.39, 0.29) is 0 Å². The number of rotatable bonds is 9. The van der Waals surface area contributed by atoms with Gasteiger partial charge in [-0.1, -0.05) is 243 Å². The summed E-state index contributed by atoms with van der Waals surface area (Å²) in [6.07, 6.45) is 1.83. The second kappa shape index (κ2) is 14.4. The van der Waals surface area contributed by atoms with E-state index >= 15 is 0 Å². The zero-order valence-electron chi connectivity index (χ0n) is 32.2. The monoisotopic (exact) mass is 745 g/mol. The molecule has 278 valence electrons. The van der Waals surface area contributed by atoms with Crippen molar-refractivity contribution in [3.05, 3.63) is 306 Å². The Hall–Kier alpha value is -7.16. The first-order valence-electron chi connectivity index (χ1n) is 20.1. The van der Waals surface area contributed by atoms with Crippen molar-refractivity contribution in [3.63, 3.8) is 0 Å². The third-order valence-electron chi connectivity index (χ3n) is 12.6. The van der Waals surface area contributed by atoms with Gasteiger partial charge in [-0.15, -0.1) is 0 Å². The molecule has 1 aromatic heterocycles. The van der Waals surface area contributed by atoms with Gasteiger partial charge in [-0.25, -0.2) is 0 Å². The Balaban J connectivity index is 1.66. The molecule has 0 spiro atoms. The Morgan fingerprint density at radius 1 is 0.241 bits per heavy atom. The molecule has 8 aromatic carbocycles. The minimum absolute atomic E-state index is 0.755. The van der Waals surface area contributed by atoms with Crippen molar-refractivity contribution < 1.29 is 4.42 Å². The average Bonchev–Trinajstić information content (AvgIpc) is 3.93. The molecule has 0 unspecified atom stereocenters. The van der Waals surface area contributed by atoms with Crippen LogP contribution in [-0.2, 0) is 21.9 Å². The topological polar surface area (TPSA) is 16.4 Å². The number of benzene rings is 8. The van der Waals surface area contributed by atoms with Crippen molar-refractivity contribution in [1.29, 1.82) is 0 Å². The van der Waals surface area contributed by atoms with Crippen LogP contribution >= 0.6 is 0 Å². The average molecular weight is 746 g/mol. The molecule has 1 saturated heterocycles. The summed E-state index contributed by atoms with van der Waals surface area (Å²) in [6.45, 7) is 0. The number of furan rings is 1. The van der Waals surface area contributed by atoms with Gasteiger partial charge < -0.3 is 9.32 Å². The van der Waals surface area contributed by atoms with Crippen LogP contribution in [0.3, 0.4) is 0 Å². The minimum Gasteiger partial charge on any atom is -0.449 e. The van der Waals surface area contributed by atoms with Crippen LogP contribution < -0.4 is 4.90 Å². The zero-order valence-corrected chi connectivity index (χ0v) is 32.2. The molecular formula is C56H43NO. The molecule has 2 nitrogen and oxygen atoms in total. The summed E-state index contributed by atoms with van der Waals surface area (Å²) in [6, 6.07) is 94.1. The van der Waals surface area contributed by atoms with Gasteiger partial charge in [0.25, 0.3) is 0 Å². The molecule has 0 bridgehead atoms. The van der Waals surface area contributed by atoms with E-state index in [9.17, 15) is 0 Å². The second-order valence-corrected chi connectivity index (χ2v) is 15.1. The maximum Gasteiger partial charge on any atom is 0.197 e. The lowest BCUT2D eigenvalue weighted by atomic mass is 9.41. The highest BCUT2D eigenvalue weighted by Gasteiger charge is 2.84. The van der Waals surface area contributed by atoms with Crippen LogP contribution in [-0.4, -0.2) is 0 Å². The Labute approximate surface area is 341 Å². The van der Waals surface area contributed by atoms with Crippen molar-refractivity contribution in [2.75, 3.05) is 4.90 Å². The lowest BCUT2D eigenvalue weighted by Gasteiger charge is -2.57. The van der Waals surface area contributed by atoms with Crippen molar-refractivity contribution >= 4 is 5.88 Å². The molecule has 10 rings (SSSR count). The van der Waals surface area contributed by atoms with Crippen LogP contribution in [0.4, 0.5) is 5.88 Å². The Bertz CT molecular complexity index is 2350. The summed E-state index contributed by atoms with van der Waals surface area (Å²) in [4.78, 5) is 2.69. The minimum atomic E-state index is -1.03. The van der Waals surface area contributed by atoms with Gasteiger partial charge in [0.15, 0.2) is 5.88 Å². The third kappa shape index (κ3) is 4.66. The summed E-state index contributed by atoms with van der Waals surface area (Å²) < 4.78 is 6.97. The van der Waals surface area contributed by atoms with Gasteiger partial charge >= 0.3 is 0 Å². The summed E-state index contributed by atoms with van der Waals surface area (Å²) in [5, 5.41) is 0. The van der Waals surface area contributed by atoms with E-state index in [0.29, 0.717) is 0 Å². The molecule has 1 aliphatic rings. The van der Waals surface area contributed by atoms with Crippen molar-refractivity contribution in [1.82, 2.24) is 0 Å². The Morgan fingerprint density at radius 3 is 0.672 bits per heavy atom. The lowest BCUT2D eigenvalue weighted by molar-refractivity contribution is 0.245. The third-order valence-corrected chi connectivity index (χ3v) is 12.6. The van der Waals surface area contributed by atoms with E-state index < -0.39 is 21.9 Å². The first kappa shape index (κ1) is 35.3. The molecule has 0 radical (unpaired) electrons. The molecule has 9 aromatic rings. The van der Waals surface area contributed by atoms with Gasteiger partial charge in [-0.2, -0.15) is 0 Å². The quantitative estimate of drug-likeness (QED) is 0.146. The Morgan fingerprint density at radius 2 is 0.466 bits per heavy atom. The molecule has 0 atom stereocenters. The fraction of sp³-hybridized carbons (Fsp3) is 0.0714. The molecule has 2 heteroatoms. The summed E-state index contributed by atoms with van der Waals surface area (Å²) in [5.41, 5.74) is 5.20. The number of hydrogen-bond donors (Lipinski definition) is 0. The maximum absolute atomic E-state index is 6.97. The van der Waals surface area contributed by atoms with Crippen LogP contribution in [0.2, 0.25) is 0 Å². The largest absolute Gasteiger partial charge is 0.449 e. The number of nitrogens with zero attached hydrogens (tertiary/aromatic N) is 1. The first-order valence-corrected chi connectivity index (χ1v) is 20.1. The summed E-state index contributed by atoms with van der Waals surface area (Å²) in [7, 11) is 0. The van der Waals surface area contributed by atoms with E-state index in [1.807, 2.05) is 12.3 Å². The van der Waals surface area contributed by atoms with Gasteiger partial charge in [-0.05, 0) is 50.6 Å². The normalized spacial score (nSPS) is 16.1. The van der Waals surface area contributed by atoms with E-state index in [2.05, 4.69) is 254 Å². The van der Waals surface area contributed by atoms with E-state index in [1.54, 1.807) is 0 Å². The highest BCUT2D eigenvalue weighted by atomic mass is 16.3. The fourth-order valence-corrected chi connectivity index (χ4v) is 11.1. The predicted molar refractivity (Wildman–Crippen MR) is 236 cm³/mol. The van der Waals surface area contributed by atoms with Crippen LogP contribution in [0.5, 0.6) is 0 Å². The highest BCUT2D eigenvalue weighted by molar-refractivity contribution is 5.80. The number of hydrogen-bond acceptors (Lipinski definition) is 2. The molecule has 0 N–H and O–H groups in total. The fourth-order valence-electron chi connectivity index (χ4n) is 11.1. The van der Waals surface area contributed by atoms with Crippen molar-refractivity contribution in [3.8, 4) is 0 Å². The molecule has 0 aliphatic carbocycles. The van der Waals surface area contributed by atoms with Crippen LogP contribution in [0, 0.1) is 0 Å². The molecule has 0 amide bonds. The second-order valence-electron chi connectivity index (χ2n) is 15.1. The predicted octanol–water partition coefficient (Wildman–Crippen LogP) is 13.0. The number of anilines is 1. The summed E-state index contributed by atoms with van der Waals surface area (Å²) in [5.74, 6) is 0.755. The van der Waals surface area contributed by atoms with Gasteiger partial charge in [0, 0.05) is 6.07 Å². The highest BCUT2D eigenvalue weighted by Crippen LogP contribution is 2.79. The van der Waals surface area contributed by atoms with Crippen molar-refractivity contribution in [2.45, 2.75) is 21.9 Å². The van der Waals surface area contributed by atoms with Gasteiger partial charge in [0.05, 0.1) is 17.1 Å². The van der Waals surface area contributed by atoms with Gasteiger partial charge in [0.2, 0.25) is 0 Å². The van der Waals surface area contributed by atoms with Crippen LogP contribution in [0.1, 0.15) is 44.5 Å². The first-order chi connectivity index (χ1) is 28.8. The van der Waals surface area contributed by atoms with Crippen LogP contribution in [0.15, 0.2) is 265 Å². The van der Waals surface area contributed by atoms with E-state index in [4.69, 9.17) is 4.42 Å². The molecule has 0 saturated carbocycles. The molecule has 1 aliphatic heterocycles. The molecule has 1 fully saturated rings. The van der Waals surface area contributed by atoms with E-state index in [0.717, 1.165) is 28.1 Å². The maximum atomic E-state index is 6.97. The zero-order chi connectivity index (χ0) is 38.9. The molecule has 58 heavy (non-hydrogen) atoms. The lowest BCUT2D eigenvalue weighted by Crippen LogP contribution is -2.62. The van der Waals surface area contributed by atoms with Crippen molar-refractivity contribution in [2.24, 2.45) is 0 Å². The Kier molecular flexibility index (Phi) is 8.76. The standard InChI is InChI=1S/C56H43NO/c1-9-26-44(27-10-1)53(45-28-11-2-12-29-45)54(46-30-13-3-14-31-46,47-32-15-4-16-33-47)56(50-38-21-7-22-39-50,51-40-23-8-24-41-51)57(52-42-25-43-58-52)55(53,48-34-17-5-18-35-48)49-36-19-6-20-37-49/h1-43H. The molecule has 2 heterocycles.